The highest BCUT2D eigenvalue weighted by Gasteiger charge is 2.76. The van der Waals surface area contributed by atoms with E-state index in [1.165, 1.54) is 31.4 Å². The minimum absolute atomic E-state index is 0.0203. The highest BCUT2D eigenvalue weighted by Crippen LogP contribution is 2.65. The van der Waals surface area contributed by atoms with Gasteiger partial charge in [-0.1, -0.05) is 17.7 Å². The first-order valence-electron chi connectivity index (χ1n) is 8.43. The number of carboxylic acids is 1. The highest BCUT2D eigenvalue weighted by molar-refractivity contribution is 7.92. The summed E-state index contributed by atoms with van der Waals surface area (Å²) in [4.78, 5) is 12.2. The van der Waals surface area contributed by atoms with E-state index < -0.39 is 32.4 Å². The van der Waals surface area contributed by atoms with Crippen LogP contribution in [0.3, 0.4) is 0 Å². The Labute approximate surface area is 166 Å². The molecule has 1 fully saturated rings. The fourth-order valence-electron chi connectivity index (χ4n) is 3.94. The molecule has 0 spiro atoms. The minimum atomic E-state index is -3.96. The molecule has 2 aromatic rings. The second-order valence-corrected chi connectivity index (χ2v) is 9.29. The van der Waals surface area contributed by atoms with Crippen molar-refractivity contribution in [2.24, 2.45) is 5.41 Å². The van der Waals surface area contributed by atoms with Gasteiger partial charge in [0.15, 0.2) is 21.3 Å². The number of carbonyl (C=O) groups is 1. The van der Waals surface area contributed by atoms with Crippen LogP contribution in [0.15, 0.2) is 47.4 Å². The highest BCUT2D eigenvalue weighted by atomic mass is 35.5. The number of halogens is 1. The summed E-state index contributed by atoms with van der Waals surface area (Å²) in [6, 6.07) is 10.6. The average molecular weight is 425 g/mol. The summed E-state index contributed by atoms with van der Waals surface area (Å²) >= 11 is 5.86. The minimum Gasteiger partial charge on any atom is -0.481 e. The molecule has 148 valence electrons. The Morgan fingerprint density at radius 3 is 2.54 bits per heavy atom. The molecule has 4 rings (SSSR count). The number of carboxylic acid groups (broad SMARTS) is 1. The molecule has 1 heterocycles. The van der Waals surface area contributed by atoms with Crippen LogP contribution in [0.1, 0.15) is 11.5 Å². The van der Waals surface area contributed by atoms with Crippen LogP contribution in [-0.4, -0.2) is 45.3 Å². The van der Waals surface area contributed by atoms with Gasteiger partial charge in [-0.25, -0.2) is 8.42 Å². The number of benzene rings is 2. The first kappa shape index (κ1) is 19.0. The smallest absolute Gasteiger partial charge is 0.314 e. The lowest BCUT2D eigenvalue weighted by Gasteiger charge is -2.12. The zero-order valence-corrected chi connectivity index (χ0v) is 16.4. The van der Waals surface area contributed by atoms with E-state index in [1.54, 1.807) is 18.2 Å². The molecule has 0 unspecified atom stereocenters. The molecule has 2 aromatic carbocycles. The molecule has 9 heteroatoms. The lowest BCUT2D eigenvalue weighted by molar-refractivity contribution is -0.145. The van der Waals surface area contributed by atoms with E-state index in [0.717, 1.165) is 0 Å². The maximum atomic E-state index is 13.3. The number of fused-ring (bicyclic) bond motifs is 1. The topological polar surface area (TPSA) is 99.1 Å². The van der Waals surface area contributed by atoms with Crippen molar-refractivity contribution in [3.63, 3.8) is 0 Å². The molecule has 7 nitrogen and oxygen atoms in total. The molecule has 28 heavy (non-hydrogen) atoms. The van der Waals surface area contributed by atoms with Gasteiger partial charge in [0.1, 0.15) is 5.41 Å². The summed E-state index contributed by atoms with van der Waals surface area (Å²) in [5, 5.41) is 9.17. The summed E-state index contributed by atoms with van der Waals surface area (Å²) in [6.45, 7) is -0.170. The Balaban J connectivity index is 1.81. The zero-order valence-electron chi connectivity index (χ0n) is 14.8. The number of aliphatic carboxylic acids is 1. The number of hydrogen-bond acceptors (Lipinski definition) is 6. The van der Waals surface area contributed by atoms with Crippen molar-refractivity contribution in [3.8, 4) is 11.5 Å². The number of hydrogen-bond donors (Lipinski definition) is 1. The summed E-state index contributed by atoms with van der Waals surface area (Å²) in [6.07, 6.45) is 0. The van der Waals surface area contributed by atoms with Crippen LogP contribution in [0.4, 0.5) is 0 Å². The Bertz CT molecular complexity index is 1030. The van der Waals surface area contributed by atoms with Crippen molar-refractivity contribution in [2.45, 2.75) is 16.1 Å². The maximum Gasteiger partial charge on any atom is 0.314 e. The lowest BCUT2D eigenvalue weighted by atomic mass is 9.99. The van der Waals surface area contributed by atoms with Gasteiger partial charge >= 0.3 is 5.97 Å². The fraction of sp³-hybridized carbons (Fsp3) is 0.316. The third-order valence-electron chi connectivity index (χ3n) is 5.27. The van der Waals surface area contributed by atoms with Crippen LogP contribution >= 0.6 is 11.6 Å². The summed E-state index contributed by atoms with van der Waals surface area (Å²) < 4.78 is 42.4. The molecule has 1 aliphatic heterocycles. The van der Waals surface area contributed by atoms with Gasteiger partial charge < -0.3 is 19.3 Å². The third-order valence-corrected chi connectivity index (χ3v) is 7.81. The monoisotopic (exact) mass is 424 g/mol. The van der Waals surface area contributed by atoms with Crippen LogP contribution in [0.2, 0.25) is 5.02 Å². The Hall–Kier alpha value is -2.29. The molecule has 1 aliphatic carbocycles. The molecule has 0 bridgehead atoms. The van der Waals surface area contributed by atoms with Gasteiger partial charge in [-0.2, -0.15) is 0 Å². The molecule has 0 amide bonds. The number of methoxy groups -OCH3 is 1. The zero-order chi connectivity index (χ0) is 20.1. The predicted octanol–water partition coefficient (Wildman–Crippen LogP) is 2.73. The van der Waals surface area contributed by atoms with Gasteiger partial charge in [-0.3, -0.25) is 4.79 Å². The molecule has 2 aliphatic rings. The molecule has 1 saturated carbocycles. The van der Waals surface area contributed by atoms with Crippen molar-refractivity contribution in [2.75, 3.05) is 20.5 Å². The van der Waals surface area contributed by atoms with E-state index in [9.17, 15) is 18.3 Å². The Morgan fingerprint density at radius 2 is 1.89 bits per heavy atom. The van der Waals surface area contributed by atoms with E-state index in [-0.39, 0.29) is 18.3 Å². The lowest BCUT2D eigenvalue weighted by Crippen LogP contribution is -2.28. The molecule has 3 atom stereocenters. The first-order valence-corrected chi connectivity index (χ1v) is 10.4. The summed E-state index contributed by atoms with van der Waals surface area (Å²) in [5.74, 6) is -1.02. The van der Waals surface area contributed by atoms with Crippen molar-refractivity contribution in [1.29, 1.82) is 0 Å². The Kier molecular flexibility index (Phi) is 4.52. The van der Waals surface area contributed by atoms with Crippen LogP contribution in [0, 0.1) is 5.41 Å². The second-order valence-electron chi connectivity index (χ2n) is 6.79. The number of ether oxygens (including phenoxy) is 3. The molecular weight excluding hydrogens is 408 g/mol. The second kappa shape index (κ2) is 6.65. The van der Waals surface area contributed by atoms with E-state index in [4.69, 9.17) is 25.8 Å². The van der Waals surface area contributed by atoms with Crippen molar-refractivity contribution >= 4 is 27.4 Å². The molecule has 0 radical (unpaired) electrons. The van der Waals surface area contributed by atoms with Gasteiger partial charge in [0, 0.05) is 18.1 Å². The Morgan fingerprint density at radius 1 is 1.21 bits per heavy atom. The SMILES string of the molecule is COC[C@]1(C(=O)O)[C@@H](c2ccc3c(c2)OCO3)[C@@H]1S(=O)(=O)c1ccc(Cl)cc1. The molecular formula is C19H17ClO7S. The molecule has 1 N–H and O–H groups in total. The number of sulfone groups is 1. The predicted molar refractivity (Wildman–Crippen MR) is 99.7 cm³/mol. The quantitative estimate of drug-likeness (QED) is 0.761. The number of rotatable bonds is 6. The van der Waals surface area contributed by atoms with Crippen molar-refractivity contribution in [3.05, 3.63) is 53.1 Å². The fourth-order valence-corrected chi connectivity index (χ4v) is 6.42. The van der Waals surface area contributed by atoms with Crippen molar-refractivity contribution in [1.82, 2.24) is 0 Å². The van der Waals surface area contributed by atoms with Gasteiger partial charge in [-0.15, -0.1) is 0 Å². The van der Waals surface area contributed by atoms with E-state index in [2.05, 4.69) is 0 Å². The first-order chi connectivity index (χ1) is 13.3. The normalized spacial score (nSPS) is 25.5. The van der Waals surface area contributed by atoms with Crippen LogP contribution in [0.25, 0.3) is 0 Å². The van der Waals surface area contributed by atoms with Crippen molar-refractivity contribution < 1.29 is 32.5 Å². The third kappa shape index (κ3) is 2.75. The summed E-state index contributed by atoms with van der Waals surface area (Å²) in [5.41, 5.74) is -1.05. The van der Waals surface area contributed by atoms with Gasteiger partial charge in [-0.05, 0) is 42.0 Å². The van der Waals surface area contributed by atoms with E-state index in [1.807, 2.05) is 0 Å². The van der Waals surface area contributed by atoms with E-state index in [0.29, 0.717) is 22.1 Å². The largest absolute Gasteiger partial charge is 0.481 e. The van der Waals surface area contributed by atoms with E-state index >= 15 is 0 Å². The molecule has 0 aromatic heterocycles. The van der Waals surface area contributed by atoms with Gasteiger partial charge in [0.05, 0.1) is 16.8 Å². The van der Waals surface area contributed by atoms with Crippen LogP contribution in [-0.2, 0) is 19.4 Å². The average Bonchev–Trinajstić information content (AvgIpc) is 3.13. The summed E-state index contributed by atoms with van der Waals surface area (Å²) in [7, 11) is -2.61. The van der Waals surface area contributed by atoms with Crippen LogP contribution in [0.5, 0.6) is 11.5 Å². The van der Waals surface area contributed by atoms with Gasteiger partial charge in [0.2, 0.25) is 6.79 Å². The van der Waals surface area contributed by atoms with Gasteiger partial charge in [0.25, 0.3) is 0 Å². The molecule has 0 saturated heterocycles. The maximum absolute atomic E-state index is 13.3. The standard InChI is InChI=1S/C19H17ClO7S/c1-25-9-19(18(21)22)16(11-2-7-14-15(8-11)27-10-26-14)17(19)28(23,24)13-5-3-12(20)4-6-13/h2-8,16-17H,9-10H2,1H3,(H,21,22)/t16-,17-,19-/m0/s1. The van der Waals surface area contributed by atoms with Crippen LogP contribution < -0.4 is 9.47 Å².